The number of nitrogens with two attached hydrogens (primary N) is 1. The maximum atomic E-state index is 12.2. The Kier molecular flexibility index (Phi) is 4.39. The zero-order valence-corrected chi connectivity index (χ0v) is 11.8. The Morgan fingerprint density at radius 1 is 1.29 bits per heavy atom. The zero-order chi connectivity index (χ0) is 15.4. The van der Waals surface area contributed by atoms with Crippen LogP contribution < -0.4 is 15.8 Å². The van der Waals surface area contributed by atoms with Crippen molar-refractivity contribution in [1.82, 2.24) is 4.98 Å². The van der Waals surface area contributed by atoms with Crippen molar-refractivity contribution in [3.63, 3.8) is 0 Å². The van der Waals surface area contributed by atoms with E-state index >= 15 is 0 Å². The molecule has 3 N–H and O–H groups in total. The molecule has 21 heavy (non-hydrogen) atoms. The quantitative estimate of drug-likeness (QED) is 0.904. The Labute approximate surface area is 125 Å². The molecule has 0 bridgehead atoms. The Morgan fingerprint density at radius 2 is 2.05 bits per heavy atom. The van der Waals surface area contributed by atoms with Gasteiger partial charge in [0.15, 0.2) is 0 Å². The predicted molar refractivity (Wildman–Crippen MR) is 78.7 cm³/mol. The molecule has 0 spiro atoms. The molecule has 2 rings (SSSR count). The fraction of sp³-hybridized carbons (Fsp3) is 0.0714. The van der Waals surface area contributed by atoms with Crippen molar-refractivity contribution in [2.45, 2.75) is 0 Å². The SMILES string of the molecule is COc1ccc(C(N)=O)cc1C(=O)Nc1ccc(Cl)cn1. The van der Waals surface area contributed by atoms with Gasteiger partial charge in [0.05, 0.1) is 17.7 Å². The first kappa shape index (κ1) is 14.8. The Balaban J connectivity index is 2.30. The largest absolute Gasteiger partial charge is 0.496 e. The van der Waals surface area contributed by atoms with Gasteiger partial charge in [-0.25, -0.2) is 4.98 Å². The first-order valence-electron chi connectivity index (χ1n) is 5.92. The minimum Gasteiger partial charge on any atom is -0.496 e. The van der Waals surface area contributed by atoms with E-state index in [0.717, 1.165) is 0 Å². The number of carbonyl (C=O) groups excluding carboxylic acids is 2. The van der Waals surface area contributed by atoms with Crippen LogP contribution in [0.15, 0.2) is 36.5 Å². The van der Waals surface area contributed by atoms with Crippen LogP contribution in [-0.4, -0.2) is 23.9 Å². The molecule has 1 heterocycles. The van der Waals surface area contributed by atoms with Crippen LogP contribution in [0.3, 0.4) is 0 Å². The van der Waals surface area contributed by atoms with Crippen molar-refractivity contribution in [2.75, 3.05) is 12.4 Å². The number of nitrogens with one attached hydrogen (secondary N) is 1. The Hall–Kier alpha value is -2.60. The van der Waals surface area contributed by atoms with Crippen molar-refractivity contribution >= 4 is 29.2 Å². The Morgan fingerprint density at radius 3 is 2.62 bits per heavy atom. The van der Waals surface area contributed by atoms with E-state index < -0.39 is 11.8 Å². The number of benzene rings is 1. The number of ether oxygens (including phenoxy) is 1. The molecule has 108 valence electrons. The number of amides is 2. The highest BCUT2D eigenvalue weighted by molar-refractivity contribution is 6.30. The number of aromatic nitrogens is 1. The van der Waals surface area contributed by atoms with Gasteiger partial charge in [-0.05, 0) is 30.3 Å². The first-order chi connectivity index (χ1) is 10.0. The standard InChI is InChI=1S/C14H12ClN3O3/c1-21-11-4-2-8(13(16)19)6-10(11)14(20)18-12-5-3-9(15)7-17-12/h2-7H,1H3,(H2,16,19)(H,17,18,20). The molecule has 0 atom stereocenters. The third-order valence-electron chi connectivity index (χ3n) is 2.70. The average Bonchev–Trinajstić information content (AvgIpc) is 2.48. The van der Waals surface area contributed by atoms with Gasteiger partial charge in [-0.15, -0.1) is 0 Å². The van der Waals surface area contributed by atoms with Gasteiger partial charge in [-0.3, -0.25) is 9.59 Å². The predicted octanol–water partition coefficient (Wildman–Crippen LogP) is 2.09. The first-order valence-corrected chi connectivity index (χ1v) is 6.30. The number of pyridine rings is 1. The third-order valence-corrected chi connectivity index (χ3v) is 2.92. The van der Waals surface area contributed by atoms with E-state index in [0.29, 0.717) is 16.6 Å². The minimum absolute atomic E-state index is 0.186. The number of rotatable bonds is 4. The fourth-order valence-corrected chi connectivity index (χ4v) is 1.78. The number of anilines is 1. The van der Waals surface area contributed by atoms with E-state index in [9.17, 15) is 9.59 Å². The van der Waals surface area contributed by atoms with E-state index in [2.05, 4.69) is 10.3 Å². The monoisotopic (exact) mass is 305 g/mol. The molecule has 0 saturated carbocycles. The maximum Gasteiger partial charge on any atom is 0.260 e. The van der Waals surface area contributed by atoms with Gasteiger partial charge < -0.3 is 15.8 Å². The van der Waals surface area contributed by atoms with E-state index in [1.807, 2.05) is 0 Å². The van der Waals surface area contributed by atoms with Crippen molar-refractivity contribution in [1.29, 1.82) is 0 Å². The van der Waals surface area contributed by atoms with E-state index in [-0.39, 0.29) is 11.1 Å². The molecule has 1 aromatic carbocycles. The lowest BCUT2D eigenvalue weighted by Crippen LogP contribution is -2.17. The summed E-state index contributed by atoms with van der Waals surface area (Å²) in [7, 11) is 1.43. The molecule has 0 saturated heterocycles. The highest BCUT2D eigenvalue weighted by Gasteiger charge is 2.15. The minimum atomic E-state index is -0.628. The van der Waals surface area contributed by atoms with E-state index in [1.165, 1.54) is 31.5 Å². The van der Waals surface area contributed by atoms with Gasteiger partial charge in [0.1, 0.15) is 11.6 Å². The number of methoxy groups -OCH3 is 1. The second kappa shape index (κ2) is 6.23. The molecule has 0 aliphatic heterocycles. The van der Waals surface area contributed by atoms with Crippen LogP contribution in [0.4, 0.5) is 5.82 Å². The molecular formula is C14H12ClN3O3. The summed E-state index contributed by atoms with van der Waals surface area (Å²) in [5.74, 6) is -0.441. The van der Waals surface area contributed by atoms with Crippen molar-refractivity contribution < 1.29 is 14.3 Å². The molecule has 2 aromatic rings. The highest BCUT2D eigenvalue weighted by atomic mass is 35.5. The van der Waals surface area contributed by atoms with Gasteiger partial charge in [-0.1, -0.05) is 11.6 Å². The molecule has 1 aromatic heterocycles. The number of primary amides is 1. The molecule has 2 amide bonds. The molecule has 0 radical (unpaired) electrons. The lowest BCUT2D eigenvalue weighted by Gasteiger charge is -2.10. The second-order valence-corrected chi connectivity index (χ2v) is 4.53. The summed E-state index contributed by atoms with van der Waals surface area (Å²) in [5, 5.41) is 3.05. The molecule has 0 fully saturated rings. The summed E-state index contributed by atoms with van der Waals surface area (Å²) in [4.78, 5) is 27.4. The Bertz CT molecular complexity index is 686. The summed E-state index contributed by atoms with van der Waals surface area (Å²) in [5.41, 5.74) is 5.60. The molecule has 0 aliphatic rings. The van der Waals surface area contributed by atoms with E-state index in [4.69, 9.17) is 22.1 Å². The highest BCUT2D eigenvalue weighted by Crippen LogP contribution is 2.21. The van der Waals surface area contributed by atoms with Gasteiger partial charge in [-0.2, -0.15) is 0 Å². The smallest absolute Gasteiger partial charge is 0.260 e. The van der Waals surface area contributed by atoms with Gasteiger partial charge in [0.25, 0.3) is 5.91 Å². The number of hydrogen-bond acceptors (Lipinski definition) is 4. The van der Waals surface area contributed by atoms with Gasteiger partial charge in [0.2, 0.25) is 5.91 Å². The summed E-state index contributed by atoms with van der Waals surface area (Å²) in [6, 6.07) is 7.51. The van der Waals surface area contributed by atoms with Crippen molar-refractivity contribution in [3.8, 4) is 5.75 Å². The van der Waals surface area contributed by atoms with Crippen LogP contribution in [0.1, 0.15) is 20.7 Å². The normalized spacial score (nSPS) is 10.0. The van der Waals surface area contributed by atoms with Crippen LogP contribution >= 0.6 is 11.6 Å². The molecule has 7 heteroatoms. The number of carbonyl (C=O) groups is 2. The molecule has 0 unspecified atom stereocenters. The van der Waals surface area contributed by atoms with Crippen molar-refractivity contribution in [2.24, 2.45) is 5.73 Å². The van der Waals surface area contributed by atoms with E-state index in [1.54, 1.807) is 12.1 Å². The van der Waals surface area contributed by atoms with Crippen LogP contribution in [-0.2, 0) is 0 Å². The summed E-state index contributed by atoms with van der Waals surface area (Å²) >= 11 is 5.72. The number of halogens is 1. The lowest BCUT2D eigenvalue weighted by molar-refractivity contribution is 0.1000. The van der Waals surface area contributed by atoms with Crippen molar-refractivity contribution in [3.05, 3.63) is 52.7 Å². The topological polar surface area (TPSA) is 94.3 Å². The summed E-state index contributed by atoms with van der Waals surface area (Å²) in [6.07, 6.45) is 1.41. The zero-order valence-electron chi connectivity index (χ0n) is 11.1. The third kappa shape index (κ3) is 3.49. The summed E-state index contributed by atoms with van der Waals surface area (Å²) in [6.45, 7) is 0. The number of hydrogen-bond donors (Lipinski definition) is 2. The van der Waals surface area contributed by atoms with Gasteiger partial charge >= 0.3 is 0 Å². The molecule has 6 nitrogen and oxygen atoms in total. The fourth-order valence-electron chi connectivity index (χ4n) is 1.67. The molecule has 0 aliphatic carbocycles. The van der Waals surface area contributed by atoms with Crippen LogP contribution in [0, 0.1) is 0 Å². The van der Waals surface area contributed by atoms with Crippen LogP contribution in [0.2, 0.25) is 5.02 Å². The number of nitrogens with zero attached hydrogens (tertiary/aromatic N) is 1. The summed E-state index contributed by atoms with van der Waals surface area (Å²) < 4.78 is 5.10. The van der Waals surface area contributed by atoms with Crippen LogP contribution in [0.25, 0.3) is 0 Å². The average molecular weight is 306 g/mol. The maximum absolute atomic E-state index is 12.2. The van der Waals surface area contributed by atoms with Gasteiger partial charge in [0, 0.05) is 11.8 Å². The second-order valence-electron chi connectivity index (χ2n) is 4.10. The lowest BCUT2D eigenvalue weighted by atomic mass is 10.1. The molecular weight excluding hydrogens is 294 g/mol. The van der Waals surface area contributed by atoms with Crippen LogP contribution in [0.5, 0.6) is 5.75 Å².